The number of hydrogen-bond acceptors (Lipinski definition) is 0. The van der Waals surface area contributed by atoms with Crippen LogP contribution in [0.5, 0.6) is 0 Å². The summed E-state index contributed by atoms with van der Waals surface area (Å²) in [5.74, 6) is 0. The fraction of sp³-hybridized carbons (Fsp3) is 1.00. The topological polar surface area (TPSA) is 169 Å². The van der Waals surface area contributed by atoms with Gasteiger partial charge in [-0.2, -0.15) is 99.7 Å². The Kier molecular flexibility index (Phi) is 93.4. The van der Waals surface area contributed by atoms with E-state index in [-0.39, 0.29) is 110 Å². The van der Waals surface area contributed by atoms with Crippen molar-refractivity contribution < 1.29 is 98.9 Å². The molecule has 12 nitrogen and oxygen atoms in total. The molecule has 0 aliphatic carbocycles. The standard InChI is InChI=1S/2C12H26N2.2C10H22N2.C8H18N2.C6H14N2.6Ni/c1-9(13-11(3,4)5)10(2)14-12(6,7)8;1-7-9(3)13-11(5)12(6)14-10(4)8-2;1-7(2)11-9(5)10(6)12-8(3)4;1-5-7-11-9(3)10(4)12-8-6-2;1-5-9-7(3)8(4)10-6-2;1-5(7-3)6(2)8-4;;;;;;/h9-10H,1-8H3;9-12H,7-8H2,1-6H3;7-10H,1-6H3;9-10H,5-8H2,1-4H3;7-8H,5-6H2,1-4H3;5-6H,1-4H3;;;;;;/q6*-2;6*+2. The van der Waals surface area contributed by atoms with E-state index in [9.17, 15) is 0 Å². The van der Waals surface area contributed by atoms with Crippen molar-refractivity contribution in [1.82, 2.24) is 0 Å². The van der Waals surface area contributed by atoms with E-state index in [0.717, 1.165) is 51.9 Å². The average Bonchev–Trinajstić information content (AvgIpc) is 3.26. The predicted octanol–water partition coefficient (Wildman–Crippen LogP) is 19.2. The molecular formula is C58H128N12Ni6. The minimum atomic E-state index is 0. The zero-order valence-electron chi connectivity index (χ0n) is 55.2. The maximum absolute atomic E-state index is 4.70. The van der Waals surface area contributed by atoms with Gasteiger partial charge in [-0.1, -0.05) is 233 Å². The van der Waals surface area contributed by atoms with E-state index >= 15 is 0 Å². The Morgan fingerprint density at radius 2 is 0.513 bits per heavy atom. The molecule has 14 unspecified atom stereocenters. The summed E-state index contributed by atoms with van der Waals surface area (Å²) in [6, 6.07) is 6.15. The van der Waals surface area contributed by atoms with E-state index in [2.05, 4.69) is 261 Å². The van der Waals surface area contributed by atoms with E-state index in [4.69, 9.17) is 10.6 Å². The Bertz CT molecular complexity index is 985. The maximum atomic E-state index is 4.70. The molecule has 76 heavy (non-hydrogen) atoms. The van der Waals surface area contributed by atoms with Crippen LogP contribution >= 0.6 is 0 Å². The van der Waals surface area contributed by atoms with Gasteiger partial charge in [0, 0.05) is 0 Å². The van der Waals surface area contributed by atoms with Gasteiger partial charge in [-0.25, -0.2) is 0 Å². The number of rotatable bonds is 30. The number of nitrogens with zero attached hydrogens (tertiary/aromatic N) is 12. The minimum absolute atomic E-state index is 0. The van der Waals surface area contributed by atoms with Crippen LogP contribution < -0.4 is 0 Å². The van der Waals surface area contributed by atoms with Crippen molar-refractivity contribution >= 4 is 0 Å². The quantitative estimate of drug-likeness (QED) is 0.0625. The third-order valence-electron chi connectivity index (χ3n) is 11.6. The molecule has 0 radical (unpaired) electrons. The van der Waals surface area contributed by atoms with Crippen LogP contribution in [0.1, 0.15) is 233 Å². The third kappa shape index (κ3) is 78.5. The SMILES string of the molecule is CC(C)[N-]C(C)C(C)[N-]C(C)C.CC([N-]C(C)(C)C)C(C)[N-]C(C)(C)C.CCC(C)[N-]C(C)C(C)[N-]C(C)CC.CCC[N-]C(C)C(C)[N-]CCC.CC[N-]C(C)C(C)[N-]CC.C[N-]C(C)C(C)[N-]C.[Ni+2].[Ni+2].[Ni+2].[Ni+2].[Ni+2].[Ni+2]. The summed E-state index contributed by atoms with van der Waals surface area (Å²) in [6.45, 7) is 67.7. The Morgan fingerprint density at radius 3 is 0.684 bits per heavy atom. The summed E-state index contributed by atoms with van der Waals surface area (Å²) < 4.78 is 0. The Hall–Kier alpha value is 2.48. The molecule has 0 aliphatic heterocycles. The molecule has 0 aromatic heterocycles. The largest absolute Gasteiger partial charge is 2.00 e. The van der Waals surface area contributed by atoms with Gasteiger partial charge in [-0.15, -0.1) is 48.3 Å². The molecule has 0 aliphatic rings. The van der Waals surface area contributed by atoms with Crippen LogP contribution in [0.2, 0.25) is 0 Å². The van der Waals surface area contributed by atoms with Crippen molar-refractivity contribution in [2.45, 2.75) is 341 Å². The van der Waals surface area contributed by atoms with E-state index < -0.39 is 0 Å². The average molecular weight is 1350 g/mol. The van der Waals surface area contributed by atoms with Crippen molar-refractivity contribution in [3.63, 3.8) is 0 Å². The van der Waals surface area contributed by atoms with E-state index in [1.54, 1.807) is 0 Å². The molecule has 18 heteroatoms. The summed E-state index contributed by atoms with van der Waals surface area (Å²) in [5, 5.41) is 53.7. The maximum Gasteiger partial charge on any atom is 2.00 e. The Balaban J connectivity index is -0.0000000642. The normalized spacial score (nSPS) is 16.3. The van der Waals surface area contributed by atoms with Crippen LogP contribution in [0.25, 0.3) is 63.8 Å². The van der Waals surface area contributed by atoms with Gasteiger partial charge in [0.25, 0.3) is 0 Å². The van der Waals surface area contributed by atoms with Gasteiger partial charge >= 0.3 is 98.9 Å². The van der Waals surface area contributed by atoms with Crippen molar-refractivity contribution in [3.8, 4) is 0 Å². The van der Waals surface area contributed by atoms with Gasteiger partial charge in [-0.3, -0.25) is 0 Å². The summed E-state index contributed by atoms with van der Waals surface area (Å²) in [5.41, 5.74) is 0.0855. The fourth-order valence-electron chi connectivity index (χ4n) is 6.17. The first-order valence-electron chi connectivity index (χ1n) is 28.2. The van der Waals surface area contributed by atoms with Crippen molar-refractivity contribution in [3.05, 3.63) is 63.8 Å². The molecule has 480 valence electrons. The molecular weight excluding hydrogens is 1220 g/mol. The van der Waals surface area contributed by atoms with Gasteiger partial charge in [0.05, 0.1) is 0 Å². The first-order chi connectivity index (χ1) is 32.1. The van der Waals surface area contributed by atoms with Crippen LogP contribution in [-0.2, 0) is 98.9 Å². The number of hydrogen-bond donors (Lipinski definition) is 0. The molecule has 0 saturated carbocycles. The fourth-order valence-corrected chi connectivity index (χ4v) is 6.17. The summed E-state index contributed by atoms with van der Waals surface area (Å²) in [4.78, 5) is 0. The van der Waals surface area contributed by atoms with Crippen LogP contribution in [0.4, 0.5) is 0 Å². The first kappa shape index (κ1) is 107. The molecule has 0 fully saturated rings. The third-order valence-corrected chi connectivity index (χ3v) is 11.6. The van der Waals surface area contributed by atoms with Crippen LogP contribution in [0.3, 0.4) is 0 Å². The molecule has 0 spiro atoms. The predicted molar refractivity (Wildman–Crippen MR) is 326 cm³/mol. The molecule has 0 saturated heterocycles. The van der Waals surface area contributed by atoms with Crippen molar-refractivity contribution in [2.75, 3.05) is 40.3 Å². The zero-order chi connectivity index (χ0) is 56.4. The van der Waals surface area contributed by atoms with Gasteiger partial charge in [-0.05, 0) is 0 Å². The Morgan fingerprint density at radius 1 is 0.289 bits per heavy atom. The molecule has 0 aromatic carbocycles. The molecule has 0 rings (SSSR count). The minimum Gasteiger partial charge on any atom is -0.664 e. The molecule has 0 N–H and O–H groups in total. The van der Waals surface area contributed by atoms with E-state index in [0.29, 0.717) is 96.7 Å². The monoisotopic (exact) mass is 1340 g/mol. The van der Waals surface area contributed by atoms with Gasteiger partial charge < -0.3 is 63.8 Å². The molecule has 0 aromatic rings. The number of likely N-dealkylation sites (N-methyl/N-ethyl adjacent to an activating group) is 4. The molecule has 0 bridgehead atoms. The smallest absolute Gasteiger partial charge is 0.664 e. The van der Waals surface area contributed by atoms with Gasteiger partial charge in [0.1, 0.15) is 0 Å². The molecule has 14 atom stereocenters. The second-order valence-corrected chi connectivity index (χ2v) is 22.1. The van der Waals surface area contributed by atoms with Crippen LogP contribution in [-0.4, -0.2) is 148 Å². The van der Waals surface area contributed by atoms with E-state index in [1.165, 1.54) is 0 Å². The molecule has 0 heterocycles. The van der Waals surface area contributed by atoms with E-state index in [1.807, 2.05) is 14.1 Å². The van der Waals surface area contributed by atoms with Gasteiger partial charge in [0.15, 0.2) is 0 Å². The zero-order valence-corrected chi connectivity index (χ0v) is 61.1. The van der Waals surface area contributed by atoms with Crippen molar-refractivity contribution in [1.29, 1.82) is 0 Å². The second kappa shape index (κ2) is 66.6. The molecule has 0 amide bonds. The first-order valence-corrected chi connectivity index (χ1v) is 28.2. The second-order valence-electron chi connectivity index (χ2n) is 22.1. The van der Waals surface area contributed by atoms with Crippen molar-refractivity contribution in [2.24, 2.45) is 0 Å². The summed E-state index contributed by atoms with van der Waals surface area (Å²) in [7, 11) is 3.65. The summed E-state index contributed by atoms with van der Waals surface area (Å²) >= 11 is 0. The van der Waals surface area contributed by atoms with Crippen LogP contribution in [0, 0.1) is 0 Å². The summed E-state index contributed by atoms with van der Waals surface area (Å²) in [6.07, 6.45) is 4.54. The van der Waals surface area contributed by atoms with Crippen LogP contribution in [0.15, 0.2) is 0 Å². The Labute approximate surface area is 539 Å². The van der Waals surface area contributed by atoms with Gasteiger partial charge in [0.2, 0.25) is 0 Å².